The van der Waals surface area contributed by atoms with Crippen LogP contribution in [0.1, 0.15) is 27.2 Å². The third-order valence-electron chi connectivity index (χ3n) is 2.55. The van der Waals surface area contributed by atoms with Crippen molar-refractivity contribution in [1.82, 2.24) is 5.32 Å². The zero-order valence-corrected chi connectivity index (χ0v) is 13.3. The van der Waals surface area contributed by atoms with Crippen LogP contribution < -0.4 is 5.32 Å². The van der Waals surface area contributed by atoms with E-state index in [9.17, 15) is 9.59 Å². The topological polar surface area (TPSA) is 64.6 Å². The van der Waals surface area contributed by atoms with Crippen molar-refractivity contribution in [2.75, 3.05) is 13.7 Å². The second kappa shape index (κ2) is 9.00. The molecule has 5 nitrogen and oxygen atoms in total. The van der Waals surface area contributed by atoms with E-state index in [0.717, 1.165) is 5.57 Å². The van der Waals surface area contributed by atoms with Gasteiger partial charge in [0.25, 0.3) is 0 Å². The van der Waals surface area contributed by atoms with E-state index >= 15 is 0 Å². The van der Waals surface area contributed by atoms with E-state index in [0.29, 0.717) is 0 Å². The van der Waals surface area contributed by atoms with Gasteiger partial charge in [0.15, 0.2) is 0 Å². The first-order valence-electron chi connectivity index (χ1n) is 6.72. The summed E-state index contributed by atoms with van der Waals surface area (Å²) >= 11 is 0. The molecular formula is C16H25NO4. The first-order chi connectivity index (χ1) is 9.73. The highest BCUT2D eigenvalue weighted by Gasteiger charge is 2.20. The third kappa shape index (κ3) is 8.68. The number of alkyl carbamates (subject to hydrolysis) is 1. The molecule has 0 spiro atoms. The Labute approximate surface area is 126 Å². The van der Waals surface area contributed by atoms with Crippen LogP contribution in [0.3, 0.4) is 0 Å². The van der Waals surface area contributed by atoms with Gasteiger partial charge in [-0.3, -0.25) is 4.79 Å². The Balaban J connectivity index is 4.79. The lowest BCUT2D eigenvalue weighted by molar-refractivity contribution is -0.141. The van der Waals surface area contributed by atoms with Crippen LogP contribution in [0.15, 0.2) is 37.0 Å². The fraction of sp³-hybridized carbons (Fsp3) is 0.500. The highest BCUT2D eigenvalue weighted by atomic mass is 16.6. The number of carbonyl (C=O) groups excluding carboxylic acids is 2. The standard InChI is InChI=1S/C16H25NO4/c1-7-9-12(8-2)13(10-14(18)20-6)11-17-15(19)21-16(3,4)5/h7-9,13H,1-2,10-11H2,3-6H3,(H,17,19)/b12-9+. The zero-order chi connectivity index (χ0) is 16.5. The summed E-state index contributed by atoms with van der Waals surface area (Å²) in [5.74, 6) is -0.608. The van der Waals surface area contributed by atoms with Gasteiger partial charge in [-0.1, -0.05) is 31.4 Å². The largest absolute Gasteiger partial charge is 0.469 e. The van der Waals surface area contributed by atoms with Crippen molar-refractivity contribution in [1.29, 1.82) is 0 Å². The lowest BCUT2D eigenvalue weighted by Crippen LogP contribution is -2.36. The van der Waals surface area contributed by atoms with Gasteiger partial charge in [-0.05, 0) is 26.3 Å². The summed E-state index contributed by atoms with van der Waals surface area (Å²) in [6, 6.07) is 0. The smallest absolute Gasteiger partial charge is 0.407 e. The van der Waals surface area contributed by atoms with E-state index in [1.807, 2.05) is 0 Å². The number of hydrogen-bond donors (Lipinski definition) is 1. The molecule has 0 radical (unpaired) electrons. The van der Waals surface area contributed by atoms with E-state index in [1.54, 1.807) is 39.0 Å². The van der Waals surface area contributed by atoms with Gasteiger partial charge in [-0.25, -0.2) is 4.79 Å². The van der Waals surface area contributed by atoms with Gasteiger partial charge in [0.05, 0.1) is 13.5 Å². The van der Waals surface area contributed by atoms with Crippen LogP contribution in [0.5, 0.6) is 0 Å². The van der Waals surface area contributed by atoms with Crippen molar-refractivity contribution in [2.24, 2.45) is 5.92 Å². The fourth-order valence-corrected chi connectivity index (χ4v) is 1.62. The van der Waals surface area contributed by atoms with Crippen molar-refractivity contribution in [3.05, 3.63) is 37.0 Å². The van der Waals surface area contributed by atoms with Crippen LogP contribution in [-0.2, 0) is 14.3 Å². The summed E-state index contributed by atoms with van der Waals surface area (Å²) in [5.41, 5.74) is 0.228. The molecule has 1 N–H and O–H groups in total. The van der Waals surface area contributed by atoms with E-state index in [1.165, 1.54) is 7.11 Å². The fourth-order valence-electron chi connectivity index (χ4n) is 1.62. The normalized spacial score (nSPS) is 13.0. The van der Waals surface area contributed by atoms with Crippen molar-refractivity contribution in [2.45, 2.75) is 32.8 Å². The van der Waals surface area contributed by atoms with Gasteiger partial charge in [-0.15, -0.1) is 0 Å². The Kier molecular flexibility index (Phi) is 8.12. The maximum Gasteiger partial charge on any atom is 0.407 e. The molecule has 0 aromatic rings. The van der Waals surface area contributed by atoms with E-state index in [-0.39, 0.29) is 24.9 Å². The van der Waals surface area contributed by atoms with E-state index < -0.39 is 11.7 Å². The van der Waals surface area contributed by atoms with Crippen molar-refractivity contribution >= 4 is 12.1 Å². The minimum absolute atomic E-state index is 0.137. The lowest BCUT2D eigenvalue weighted by Gasteiger charge is -2.22. The molecule has 0 saturated heterocycles. The van der Waals surface area contributed by atoms with Crippen LogP contribution in [0.25, 0.3) is 0 Å². The van der Waals surface area contributed by atoms with Crippen LogP contribution in [0.4, 0.5) is 4.79 Å². The molecule has 0 heterocycles. The van der Waals surface area contributed by atoms with Crippen molar-refractivity contribution in [3.8, 4) is 0 Å². The number of rotatable bonds is 7. The molecule has 0 fully saturated rings. The minimum atomic E-state index is -0.569. The molecule has 1 unspecified atom stereocenters. The quantitative estimate of drug-likeness (QED) is 0.579. The SMILES string of the molecule is C=C/C=C(\C=C)C(CNC(=O)OC(C)(C)C)CC(=O)OC. The zero-order valence-electron chi connectivity index (χ0n) is 13.3. The van der Waals surface area contributed by atoms with Crippen LogP contribution in [-0.4, -0.2) is 31.3 Å². The molecule has 0 aliphatic carbocycles. The van der Waals surface area contributed by atoms with Crippen molar-refractivity contribution < 1.29 is 19.1 Å². The average Bonchev–Trinajstić information content (AvgIpc) is 2.38. The number of allylic oxidation sites excluding steroid dienone is 3. The molecule has 0 bridgehead atoms. The number of amides is 1. The molecule has 0 rings (SSSR count). The Hall–Kier alpha value is -2.04. The summed E-state index contributed by atoms with van der Waals surface area (Å²) in [6.07, 6.45) is 4.59. The number of hydrogen-bond acceptors (Lipinski definition) is 4. The molecule has 0 aliphatic rings. The number of nitrogens with one attached hydrogen (secondary N) is 1. The molecular weight excluding hydrogens is 270 g/mol. The summed E-state index contributed by atoms with van der Waals surface area (Å²) in [4.78, 5) is 23.1. The molecule has 0 saturated carbocycles. The maximum absolute atomic E-state index is 11.7. The monoisotopic (exact) mass is 295 g/mol. The summed E-state index contributed by atoms with van der Waals surface area (Å²) < 4.78 is 9.83. The highest BCUT2D eigenvalue weighted by molar-refractivity contribution is 5.71. The molecule has 1 amide bonds. The summed E-state index contributed by atoms with van der Waals surface area (Å²) in [5, 5.41) is 2.65. The second-order valence-electron chi connectivity index (χ2n) is 5.47. The van der Waals surface area contributed by atoms with Crippen LogP contribution in [0, 0.1) is 5.92 Å². The minimum Gasteiger partial charge on any atom is -0.469 e. The van der Waals surface area contributed by atoms with Crippen molar-refractivity contribution in [3.63, 3.8) is 0 Å². The Bertz CT molecular complexity index is 418. The van der Waals surface area contributed by atoms with Gasteiger partial charge in [0.2, 0.25) is 0 Å². The number of carbonyl (C=O) groups is 2. The van der Waals surface area contributed by atoms with Gasteiger partial charge in [0, 0.05) is 12.5 Å². The van der Waals surface area contributed by atoms with Gasteiger partial charge < -0.3 is 14.8 Å². The Morgan fingerprint density at radius 3 is 2.33 bits per heavy atom. The highest BCUT2D eigenvalue weighted by Crippen LogP contribution is 2.17. The summed E-state index contributed by atoms with van der Waals surface area (Å²) in [7, 11) is 1.32. The predicted molar refractivity (Wildman–Crippen MR) is 82.8 cm³/mol. The maximum atomic E-state index is 11.7. The summed E-state index contributed by atoms with van der Waals surface area (Å²) in [6.45, 7) is 12.9. The molecule has 21 heavy (non-hydrogen) atoms. The molecule has 5 heteroatoms. The van der Waals surface area contributed by atoms with Gasteiger partial charge in [-0.2, -0.15) is 0 Å². The number of esters is 1. The van der Waals surface area contributed by atoms with E-state index in [4.69, 9.17) is 4.74 Å². The molecule has 1 atom stereocenters. The predicted octanol–water partition coefficient (Wildman–Crippen LogP) is 2.99. The molecule has 0 aromatic carbocycles. The Morgan fingerprint density at radius 2 is 1.90 bits per heavy atom. The third-order valence-corrected chi connectivity index (χ3v) is 2.55. The van der Waals surface area contributed by atoms with Gasteiger partial charge >= 0.3 is 12.1 Å². The lowest BCUT2D eigenvalue weighted by atomic mass is 9.95. The molecule has 118 valence electrons. The first kappa shape index (κ1) is 19.0. The van der Waals surface area contributed by atoms with Crippen LogP contribution in [0.2, 0.25) is 0 Å². The molecule has 0 aromatic heterocycles. The van der Waals surface area contributed by atoms with E-state index in [2.05, 4.69) is 23.2 Å². The second-order valence-corrected chi connectivity index (χ2v) is 5.47. The van der Waals surface area contributed by atoms with Gasteiger partial charge in [0.1, 0.15) is 5.60 Å². The number of ether oxygens (including phenoxy) is 2. The molecule has 0 aliphatic heterocycles. The van der Waals surface area contributed by atoms with Crippen LogP contribution >= 0.6 is 0 Å². The Morgan fingerprint density at radius 1 is 1.29 bits per heavy atom. The number of methoxy groups -OCH3 is 1. The first-order valence-corrected chi connectivity index (χ1v) is 6.72. The average molecular weight is 295 g/mol.